The maximum atomic E-state index is 12.8. The lowest BCUT2D eigenvalue weighted by atomic mass is 10.0. The molecule has 2 aromatic rings. The molecule has 1 atom stereocenters. The third kappa shape index (κ3) is 4.48. The van der Waals surface area contributed by atoms with Gasteiger partial charge in [0.15, 0.2) is 0 Å². The van der Waals surface area contributed by atoms with Crippen molar-refractivity contribution in [3.8, 4) is 5.75 Å². The van der Waals surface area contributed by atoms with Gasteiger partial charge in [0.05, 0.1) is 7.11 Å². The number of rotatable bonds is 6. The smallest absolute Gasteiger partial charge is 0.251 e. The number of benzene rings is 2. The fraction of sp³-hybridized carbons (Fsp3) is 0.364. The third-order valence-electron chi connectivity index (χ3n) is 4.95. The summed E-state index contributed by atoms with van der Waals surface area (Å²) in [6.45, 7) is 3.84. The molecule has 1 aliphatic rings. The highest BCUT2D eigenvalue weighted by molar-refractivity contribution is 6.01. The van der Waals surface area contributed by atoms with Crippen molar-refractivity contribution >= 4 is 17.5 Å². The normalized spacial score (nSPS) is 13.8. The lowest BCUT2D eigenvalue weighted by Crippen LogP contribution is -2.47. The molecule has 1 unspecified atom stereocenters. The van der Waals surface area contributed by atoms with Gasteiger partial charge in [0.2, 0.25) is 5.91 Å². The molecule has 142 valence electrons. The largest absolute Gasteiger partial charge is 0.497 e. The zero-order valence-corrected chi connectivity index (χ0v) is 16.0. The van der Waals surface area contributed by atoms with Gasteiger partial charge >= 0.3 is 0 Å². The van der Waals surface area contributed by atoms with E-state index in [1.807, 2.05) is 26.0 Å². The van der Waals surface area contributed by atoms with Crippen LogP contribution in [0.15, 0.2) is 42.5 Å². The lowest BCUT2D eigenvalue weighted by molar-refractivity contribution is -0.118. The van der Waals surface area contributed by atoms with Crippen LogP contribution in [0.1, 0.15) is 41.8 Å². The molecule has 5 heteroatoms. The molecule has 3 rings (SSSR count). The van der Waals surface area contributed by atoms with E-state index in [1.54, 1.807) is 31.4 Å². The molecule has 0 heterocycles. The number of amides is 2. The average Bonchev–Trinajstić information content (AvgIpc) is 3.13. The highest BCUT2D eigenvalue weighted by Crippen LogP contribution is 2.25. The van der Waals surface area contributed by atoms with Crippen LogP contribution < -0.4 is 15.4 Å². The Morgan fingerprint density at radius 1 is 1.00 bits per heavy atom. The number of carbonyl (C=O) groups excluding carboxylic acids is 2. The molecule has 0 spiro atoms. The van der Waals surface area contributed by atoms with Crippen molar-refractivity contribution in [1.29, 1.82) is 0 Å². The van der Waals surface area contributed by atoms with Gasteiger partial charge < -0.3 is 15.4 Å². The number of methoxy groups -OCH3 is 1. The molecule has 2 amide bonds. The molecule has 0 bridgehead atoms. The van der Waals surface area contributed by atoms with E-state index in [9.17, 15) is 9.59 Å². The number of hydrogen-bond acceptors (Lipinski definition) is 3. The number of ether oxygens (including phenoxy) is 1. The van der Waals surface area contributed by atoms with Gasteiger partial charge in [-0.3, -0.25) is 9.59 Å². The zero-order valence-electron chi connectivity index (χ0n) is 16.0. The van der Waals surface area contributed by atoms with Crippen LogP contribution in [0.3, 0.4) is 0 Å². The standard InChI is InChI=1S/C22H26N2O3/c1-14(2)20(24-21(25)16-8-11-19(27-3)12-9-16)22(26)23-18-10-7-15-5-4-6-17(15)13-18/h7-14,20H,4-6H2,1-3H3,(H,23,26)(H,24,25). The molecule has 2 aromatic carbocycles. The fourth-order valence-corrected chi connectivity index (χ4v) is 3.37. The quantitative estimate of drug-likeness (QED) is 0.821. The molecule has 27 heavy (non-hydrogen) atoms. The molecule has 1 aliphatic carbocycles. The predicted molar refractivity (Wildman–Crippen MR) is 106 cm³/mol. The number of carbonyl (C=O) groups is 2. The first-order valence-electron chi connectivity index (χ1n) is 9.35. The summed E-state index contributed by atoms with van der Waals surface area (Å²) in [6.07, 6.45) is 3.33. The second-order valence-electron chi connectivity index (χ2n) is 7.25. The first kappa shape index (κ1) is 19.0. The molecular formula is C22H26N2O3. The van der Waals surface area contributed by atoms with Crippen molar-refractivity contribution in [1.82, 2.24) is 5.32 Å². The minimum absolute atomic E-state index is 0.0402. The van der Waals surface area contributed by atoms with Crippen LogP contribution in [-0.2, 0) is 17.6 Å². The monoisotopic (exact) mass is 366 g/mol. The van der Waals surface area contributed by atoms with Gasteiger partial charge in [0.25, 0.3) is 5.91 Å². The summed E-state index contributed by atoms with van der Waals surface area (Å²) in [6, 6.07) is 12.3. The fourth-order valence-electron chi connectivity index (χ4n) is 3.37. The van der Waals surface area contributed by atoms with Crippen LogP contribution in [0.25, 0.3) is 0 Å². The van der Waals surface area contributed by atoms with E-state index >= 15 is 0 Å². The molecule has 0 fully saturated rings. The molecule has 2 N–H and O–H groups in total. The number of fused-ring (bicyclic) bond motifs is 1. The highest BCUT2D eigenvalue weighted by Gasteiger charge is 2.25. The van der Waals surface area contributed by atoms with Gasteiger partial charge in [-0.05, 0) is 72.7 Å². The predicted octanol–water partition coefficient (Wildman–Crippen LogP) is 3.58. The second-order valence-corrected chi connectivity index (χ2v) is 7.25. The number of nitrogens with one attached hydrogen (secondary N) is 2. The van der Waals surface area contributed by atoms with Crippen LogP contribution in [-0.4, -0.2) is 25.0 Å². The first-order valence-corrected chi connectivity index (χ1v) is 9.35. The minimum atomic E-state index is -0.618. The average molecular weight is 366 g/mol. The van der Waals surface area contributed by atoms with E-state index in [2.05, 4.69) is 16.7 Å². The summed E-state index contributed by atoms with van der Waals surface area (Å²) in [5, 5.41) is 5.81. The summed E-state index contributed by atoms with van der Waals surface area (Å²) < 4.78 is 5.11. The Kier molecular flexibility index (Phi) is 5.79. The summed E-state index contributed by atoms with van der Waals surface area (Å²) in [5.74, 6) is 0.160. The topological polar surface area (TPSA) is 67.4 Å². The van der Waals surface area contributed by atoms with E-state index in [0.717, 1.165) is 18.5 Å². The van der Waals surface area contributed by atoms with Crippen molar-refractivity contribution in [2.75, 3.05) is 12.4 Å². The Morgan fingerprint density at radius 3 is 2.37 bits per heavy atom. The molecule has 0 aliphatic heterocycles. The third-order valence-corrected chi connectivity index (χ3v) is 4.95. The van der Waals surface area contributed by atoms with Crippen molar-refractivity contribution in [2.45, 2.75) is 39.2 Å². The lowest BCUT2D eigenvalue weighted by Gasteiger charge is -2.22. The SMILES string of the molecule is COc1ccc(C(=O)NC(C(=O)Nc2ccc3c(c2)CCC3)C(C)C)cc1. The van der Waals surface area contributed by atoms with Gasteiger partial charge in [-0.1, -0.05) is 19.9 Å². The van der Waals surface area contributed by atoms with E-state index < -0.39 is 6.04 Å². The van der Waals surface area contributed by atoms with Gasteiger partial charge in [-0.2, -0.15) is 0 Å². The van der Waals surface area contributed by atoms with Crippen molar-refractivity contribution in [2.24, 2.45) is 5.92 Å². The van der Waals surface area contributed by atoms with Gasteiger partial charge in [0, 0.05) is 11.3 Å². The zero-order chi connectivity index (χ0) is 19.4. The maximum absolute atomic E-state index is 12.8. The first-order chi connectivity index (χ1) is 13.0. The summed E-state index contributed by atoms with van der Waals surface area (Å²) in [4.78, 5) is 25.3. The molecule has 0 saturated carbocycles. The highest BCUT2D eigenvalue weighted by atomic mass is 16.5. The molecular weight excluding hydrogens is 340 g/mol. The van der Waals surface area contributed by atoms with Crippen molar-refractivity contribution in [3.05, 3.63) is 59.2 Å². The second kappa shape index (κ2) is 8.25. The summed E-state index contributed by atoms with van der Waals surface area (Å²) in [7, 11) is 1.58. The summed E-state index contributed by atoms with van der Waals surface area (Å²) in [5.41, 5.74) is 3.94. The Hall–Kier alpha value is -2.82. The van der Waals surface area contributed by atoms with Crippen LogP contribution >= 0.6 is 0 Å². The van der Waals surface area contributed by atoms with E-state index in [4.69, 9.17) is 4.74 Å². The van der Waals surface area contributed by atoms with E-state index in [-0.39, 0.29) is 17.7 Å². The number of hydrogen-bond donors (Lipinski definition) is 2. The maximum Gasteiger partial charge on any atom is 0.251 e. The van der Waals surface area contributed by atoms with Gasteiger partial charge in [-0.25, -0.2) is 0 Å². The Bertz CT molecular complexity index is 828. The van der Waals surface area contributed by atoms with Crippen LogP contribution in [0.4, 0.5) is 5.69 Å². The number of anilines is 1. The molecule has 0 aromatic heterocycles. The Labute approximate surface area is 160 Å². The number of aryl methyl sites for hydroxylation is 2. The molecule has 5 nitrogen and oxygen atoms in total. The van der Waals surface area contributed by atoms with Crippen LogP contribution in [0.5, 0.6) is 5.75 Å². The van der Waals surface area contributed by atoms with Crippen LogP contribution in [0.2, 0.25) is 0 Å². The van der Waals surface area contributed by atoms with Crippen molar-refractivity contribution < 1.29 is 14.3 Å². The van der Waals surface area contributed by atoms with E-state index in [1.165, 1.54) is 17.5 Å². The Morgan fingerprint density at radius 2 is 1.70 bits per heavy atom. The van der Waals surface area contributed by atoms with Gasteiger partial charge in [0.1, 0.15) is 11.8 Å². The Balaban J connectivity index is 1.68. The summed E-state index contributed by atoms with van der Waals surface area (Å²) >= 11 is 0. The van der Waals surface area contributed by atoms with E-state index in [0.29, 0.717) is 11.3 Å². The van der Waals surface area contributed by atoms with Crippen LogP contribution in [0, 0.1) is 5.92 Å². The molecule has 0 radical (unpaired) electrons. The van der Waals surface area contributed by atoms with Gasteiger partial charge in [-0.15, -0.1) is 0 Å². The molecule has 0 saturated heterocycles. The van der Waals surface area contributed by atoms with Crippen molar-refractivity contribution in [3.63, 3.8) is 0 Å². The minimum Gasteiger partial charge on any atom is -0.497 e.